The summed E-state index contributed by atoms with van der Waals surface area (Å²) >= 11 is 0. The van der Waals surface area contributed by atoms with E-state index in [1.165, 1.54) is 30.6 Å². The fourth-order valence-corrected chi connectivity index (χ4v) is 2.80. The predicted octanol–water partition coefficient (Wildman–Crippen LogP) is 2.17. The Kier molecular flexibility index (Phi) is 4.61. The summed E-state index contributed by atoms with van der Waals surface area (Å²) in [5.41, 5.74) is 8.23. The van der Waals surface area contributed by atoms with Crippen LogP contribution in [0.3, 0.4) is 0 Å². The smallest absolute Gasteiger partial charge is 0.123 e. The van der Waals surface area contributed by atoms with Gasteiger partial charge in [0, 0.05) is 18.7 Å². The molecule has 18 heavy (non-hydrogen) atoms. The number of aryl methyl sites for hydroxylation is 1. The maximum atomic E-state index is 5.63. The second-order valence-electron chi connectivity index (χ2n) is 5.28. The Balaban J connectivity index is 1.99. The maximum absolute atomic E-state index is 5.63. The molecule has 1 heterocycles. The van der Waals surface area contributed by atoms with Crippen molar-refractivity contribution >= 4 is 0 Å². The van der Waals surface area contributed by atoms with Crippen molar-refractivity contribution in [3.63, 3.8) is 0 Å². The third-order valence-corrected chi connectivity index (χ3v) is 3.77. The first-order valence-electron chi connectivity index (χ1n) is 6.79. The van der Waals surface area contributed by atoms with Crippen molar-refractivity contribution < 1.29 is 4.74 Å². The van der Waals surface area contributed by atoms with Gasteiger partial charge >= 0.3 is 0 Å². The lowest BCUT2D eigenvalue weighted by atomic mass is 10.1. The molecule has 3 heteroatoms. The molecule has 100 valence electrons. The van der Waals surface area contributed by atoms with E-state index in [4.69, 9.17) is 10.5 Å². The maximum Gasteiger partial charge on any atom is 0.123 e. The second-order valence-corrected chi connectivity index (χ2v) is 5.28. The van der Waals surface area contributed by atoms with Crippen LogP contribution in [0.15, 0.2) is 18.2 Å². The monoisotopic (exact) mass is 248 g/mol. The van der Waals surface area contributed by atoms with Gasteiger partial charge in [-0.25, -0.2) is 0 Å². The predicted molar refractivity (Wildman–Crippen MR) is 74.8 cm³/mol. The lowest BCUT2D eigenvalue weighted by molar-refractivity contribution is 0.306. The Hall–Kier alpha value is -1.06. The average molecular weight is 248 g/mol. The van der Waals surface area contributed by atoms with Gasteiger partial charge < -0.3 is 10.5 Å². The van der Waals surface area contributed by atoms with Gasteiger partial charge in [0.1, 0.15) is 5.75 Å². The zero-order chi connectivity index (χ0) is 13.0. The molecule has 0 amide bonds. The van der Waals surface area contributed by atoms with Crippen molar-refractivity contribution in [1.82, 2.24) is 4.90 Å². The van der Waals surface area contributed by atoms with Crippen LogP contribution in [0.5, 0.6) is 5.75 Å². The molecule has 1 saturated heterocycles. The summed E-state index contributed by atoms with van der Waals surface area (Å²) in [6.07, 6.45) is 2.44. The van der Waals surface area contributed by atoms with Crippen LogP contribution in [0.25, 0.3) is 0 Å². The van der Waals surface area contributed by atoms with E-state index >= 15 is 0 Å². The van der Waals surface area contributed by atoms with Crippen molar-refractivity contribution in [3.05, 3.63) is 29.3 Å². The summed E-state index contributed by atoms with van der Waals surface area (Å²) in [5, 5.41) is 0. The molecule has 0 aromatic heterocycles. The first-order chi connectivity index (χ1) is 8.72. The molecule has 1 unspecified atom stereocenters. The number of methoxy groups -OCH3 is 1. The van der Waals surface area contributed by atoms with Gasteiger partial charge in [-0.3, -0.25) is 4.90 Å². The highest BCUT2D eigenvalue weighted by Crippen LogP contribution is 2.25. The fraction of sp³-hybridized carbons (Fsp3) is 0.600. The third kappa shape index (κ3) is 3.24. The van der Waals surface area contributed by atoms with E-state index in [1.807, 2.05) is 0 Å². The number of hydrogen-bond acceptors (Lipinski definition) is 3. The minimum Gasteiger partial charge on any atom is -0.496 e. The Labute approximate surface area is 110 Å². The van der Waals surface area contributed by atoms with Crippen LogP contribution >= 0.6 is 0 Å². The van der Waals surface area contributed by atoms with E-state index in [0.29, 0.717) is 0 Å². The van der Waals surface area contributed by atoms with E-state index in [1.54, 1.807) is 7.11 Å². The van der Waals surface area contributed by atoms with E-state index in [-0.39, 0.29) is 0 Å². The molecule has 0 aliphatic carbocycles. The van der Waals surface area contributed by atoms with E-state index in [0.717, 1.165) is 31.2 Å². The summed E-state index contributed by atoms with van der Waals surface area (Å²) < 4.78 is 5.44. The SMILES string of the molecule is COc1ccc(C)cc1CN1CCC(CCN)C1. The quantitative estimate of drug-likeness (QED) is 0.868. The van der Waals surface area contributed by atoms with Crippen LogP contribution in [0, 0.1) is 12.8 Å². The molecule has 0 saturated carbocycles. The first kappa shape index (κ1) is 13.4. The normalized spacial score (nSPS) is 20.3. The highest BCUT2D eigenvalue weighted by atomic mass is 16.5. The van der Waals surface area contributed by atoms with E-state index < -0.39 is 0 Å². The molecule has 1 aromatic rings. The Morgan fingerprint density at radius 1 is 1.44 bits per heavy atom. The van der Waals surface area contributed by atoms with Gasteiger partial charge in [-0.2, -0.15) is 0 Å². The number of nitrogens with zero attached hydrogens (tertiary/aromatic N) is 1. The molecule has 0 spiro atoms. The molecule has 2 rings (SSSR count). The number of hydrogen-bond donors (Lipinski definition) is 1. The standard InChI is InChI=1S/C15H24N2O/c1-12-3-4-15(18-2)14(9-12)11-17-8-6-13(10-17)5-7-16/h3-4,9,13H,5-8,10-11,16H2,1-2H3. The highest BCUT2D eigenvalue weighted by molar-refractivity contribution is 5.36. The summed E-state index contributed by atoms with van der Waals surface area (Å²) in [4.78, 5) is 2.51. The van der Waals surface area contributed by atoms with Gasteiger partial charge in [0.25, 0.3) is 0 Å². The molecule has 1 fully saturated rings. The van der Waals surface area contributed by atoms with Gasteiger partial charge in [-0.1, -0.05) is 17.7 Å². The van der Waals surface area contributed by atoms with Crippen LogP contribution in [-0.4, -0.2) is 31.6 Å². The summed E-state index contributed by atoms with van der Waals surface area (Å²) in [5.74, 6) is 1.79. The highest BCUT2D eigenvalue weighted by Gasteiger charge is 2.22. The zero-order valence-electron chi connectivity index (χ0n) is 11.5. The summed E-state index contributed by atoms with van der Waals surface area (Å²) in [6, 6.07) is 6.40. The molecule has 0 bridgehead atoms. The molecular formula is C15H24N2O. The average Bonchev–Trinajstić information content (AvgIpc) is 2.77. The molecular weight excluding hydrogens is 224 g/mol. The van der Waals surface area contributed by atoms with Crippen molar-refractivity contribution in [2.45, 2.75) is 26.3 Å². The molecule has 1 aliphatic heterocycles. The minimum atomic E-state index is 0.783. The zero-order valence-corrected chi connectivity index (χ0v) is 11.5. The second kappa shape index (κ2) is 6.21. The van der Waals surface area contributed by atoms with Crippen LogP contribution in [-0.2, 0) is 6.54 Å². The van der Waals surface area contributed by atoms with Gasteiger partial charge in [-0.05, 0) is 44.8 Å². The largest absolute Gasteiger partial charge is 0.496 e. The number of ether oxygens (including phenoxy) is 1. The van der Waals surface area contributed by atoms with Crippen LogP contribution < -0.4 is 10.5 Å². The lowest BCUT2D eigenvalue weighted by Gasteiger charge is -2.18. The Bertz CT molecular complexity index is 392. The lowest BCUT2D eigenvalue weighted by Crippen LogP contribution is -2.21. The van der Waals surface area contributed by atoms with Crippen molar-refractivity contribution in [2.24, 2.45) is 11.7 Å². The number of nitrogens with two attached hydrogens (primary N) is 1. The van der Waals surface area contributed by atoms with Crippen LogP contribution in [0.2, 0.25) is 0 Å². The number of likely N-dealkylation sites (tertiary alicyclic amines) is 1. The van der Waals surface area contributed by atoms with Crippen molar-refractivity contribution in [2.75, 3.05) is 26.7 Å². The van der Waals surface area contributed by atoms with Gasteiger partial charge in [0.2, 0.25) is 0 Å². The Morgan fingerprint density at radius 3 is 3.00 bits per heavy atom. The van der Waals surface area contributed by atoms with Crippen molar-refractivity contribution in [3.8, 4) is 5.75 Å². The number of rotatable bonds is 5. The van der Waals surface area contributed by atoms with Gasteiger partial charge in [0.15, 0.2) is 0 Å². The van der Waals surface area contributed by atoms with Crippen molar-refractivity contribution in [1.29, 1.82) is 0 Å². The topological polar surface area (TPSA) is 38.5 Å². The van der Waals surface area contributed by atoms with Crippen LogP contribution in [0.4, 0.5) is 0 Å². The van der Waals surface area contributed by atoms with Crippen LogP contribution in [0.1, 0.15) is 24.0 Å². The molecule has 1 atom stereocenters. The minimum absolute atomic E-state index is 0.783. The summed E-state index contributed by atoms with van der Waals surface area (Å²) in [6.45, 7) is 6.29. The van der Waals surface area contributed by atoms with Gasteiger partial charge in [0.05, 0.1) is 7.11 Å². The Morgan fingerprint density at radius 2 is 2.28 bits per heavy atom. The first-order valence-corrected chi connectivity index (χ1v) is 6.79. The molecule has 2 N–H and O–H groups in total. The molecule has 3 nitrogen and oxygen atoms in total. The molecule has 0 radical (unpaired) electrons. The third-order valence-electron chi connectivity index (χ3n) is 3.77. The summed E-state index contributed by atoms with van der Waals surface area (Å²) in [7, 11) is 1.75. The molecule has 1 aliphatic rings. The molecule has 1 aromatic carbocycles. The number of benzene rings is 1. The van der Waals surface area contributed by atoms with E-state index in [2.05, 4.69) is 30.0 Å². The van der Waals surface area contributed by atoms with E-state index in [9.17, 15) is 0 Å². The fourth-order valence-electron chi connectivity index (χ4n) is 2.80. The van der Waals surface area contributed by atoms with Gasteiger partial charge in [-0.15, -0.1) is 0 Å².